The smallest absolute Gasteiger partial charge is 0.242 e. The summed E-state index contributed by atoms with van der Waals surface area (Å²) in [5, 5.41) is 0. The van der Waals surface area contributed by atoms with Crippen molar-refractivity contribution >= 4 is 5.91 Å². The first-order valence-electron chi connectivity index (χ1n) is 5.61. The average molecular weight is 222 g/mol. The zero-order chi connectivity index (χ0) is 11.8. The molecule has 16 heavy (non-hydrogen) atoms. The van der Waals surface area contributed by atoms with Gasteiger partial charge in [-0.15, -0.1) is 0 Å². The van der Waals surface area contributed by atoms with Crippen molar-refractivity contribution in [2.45, 2.75) is 31.7 Å². The molecule has 2 rings (SSSR count). The topological polar surface area (TPSA) is 59.5 Å². The molecule has 1 fully saturated rings. The molecule has 0 aliphatic heterocycles. The molecule has 4 nitrogen and oxygen atoms in total. The Morgan fingerprint density at radius 2 is 2.25 bits per heavy atom. The molecule has 2 N–H and O–H groups in total. The summed E-state index contributed by atoms with van der Waals surface area (Å²) >= 11 is 0. The van der Waals surface area contributed by atoms with Gasteiger partial charge in [-0.25, -0.2) is 0 Å². The fourth-order valence-electron chi connectivity index (χ4n) is 1.73. The van der Waals surface area contributed by atoms with Crippen molar-refractivity contribution < 1.29 is 9.21 Å². The number of nitrogens with zero attached hydrogens (tertiary/aromatic N) is 1. The molecule has 0 radical (unpaired) electrons. The zero-order valence-corrected chi connectivity index (χ0v) is 9.82. The largest absolute Gasteiger partial charge is 0.466 e. The van der Waals surface area contributed by atoms with Crippen LogP contribution in [-0.4, -0.2) is 29.9 Å². The van der Waals surface area contributed by atoms with E-state index >= 15 is 0 Å². The lowest BCUT2D eigenvalue weighted by atomic mass is 10.2. The van der Waals surface area contributed by atoms with Crippen LogP contribution >= 0.6 is 0 Å². The molecule has 1 amide bonds. The minimum atomic E-state index is -0.562. The Bertz CT molecular complexity index is 393. The Kier molecular flexibility index (Phi) is 2.76. The van der Waals surface area contributed by atoms with Gasteiger partial charge < -0.3 is 15.1 Å². The van der Waals surface area contributed by atoms with Crippen LogP contribution in [0.2, 0.25) is 0 Å². The van der Waals surface area contributed by atoms with Crippen LogP contribution in [0, 0.1) is 6.92 Å². The van der Waals surface area contributed by atoms with Crippen molar-refractivity contribution in [2.75, 3.05) is 13.6 Å². The predicted octanol–water partition coefficient (Wildman–Crippen LogP) is 1.08. The molecule has 1 aliphatic rings. The number of hydrogen-bond acceptors (Lipinski definition) is 3. The van der Waals surface area contributed by atoms with Crippen molar-refractivity contribution in [1.82, 2.24) is 4.90 Å². The minimum absolute atomic E-state index is 0.0516. The number of furan rings is 1. The highest BCUT2D eigenvalue weighted by atomic mass is 16.3. The van der Waals surface area contributed by atoms with Crippen molar-refractivity contribution in [2.24, 2.45) is 5.73 Å². The van der Waals surface area contributed by atoms with Gasteiger partial charge >= 0.3 is 0 Å². The van der Waals surface area contributed by atoms with E-state index in [2.05, 4.69) is 0 Å². The molecule has 1 heterocycles. The monoisotopic (exact) mass is 222 g/mol. The SMILES string of the molecule is Cc1ccc(CCN(C)C(=O)C2(N)CC2)o1. The molecule has 88 valence electrons. The molecular weight excluding hydrogens is 204 g/mol. The Morgan fingerprint density at radius 3 is 2.75 bits per heavy atom. The van der Waals surface area contributed by atoms with Crippen LogP contribution in [0.5, 0.6) is 0 Å². The highest BCUT2D eigenvalue weighted by Gasteiger charge is 2.47. The third kappa shape index (κ3) is 2.27. The van der Waals surface area contributed by atoms with Gasteiger partial charge in [0.2, 0.25) is 5.91 Å². The molecule has 0 atom stereocenters. The predicted molar refractivity (Wildman–Crippen MR) is 60.9 cm³/mol. The maximum Gasteiger partial charge on any atom is 0.242 e. The summed E-state index contributed by atoms with van der Waals surface area (Å²) in [6, 6.07) is 3.88. The van der Waals surface area contributed by atoms with Gasteiger partial charge in [0.15, 0.2) is 0 Å². The van der Waals surface area contributed by atoms with E-state index in [9.17, 15) is 4.79 Å². The second-order valence-corrected chi connectivity index (χ2v) is 4.65. The molecule has 4 heteroatoms. The highest BCUT2D eigenvalue weighted by molar-refractivity contribution is 5.88. The van der Waals surface area contributed by atoms with E-state index in [1.807, 2.05) is 19.1 Å². The number of carbonyl (C=O) groups excluding carboxylic acids is 1. The van der Waals surface area contributed by atoms with E-state index in [-0.39, 0.29) is 5.91 Å². The van der Waals surface area contributed by atoms with Gasteiger partial charge in [0.05, 0.1) is 5.54 Å². The standard InChI is InChI=1S/C12H18N2O2/c1-9-3-4-10(16-9)5-8-14(2)11(15)12(13)6-7-12/h3-4H,5-8,13H2,1-2H3. The van der Waals surface area contributed by atoms with Crippen molar-refractivity contribution in [3.8, 4) is 0 Å². The van der Waals surface area contributed by atoms with E-state index < -0.39 is 5.54 Å². The lowest BCUT2D eigenvalue weighted by molar-refractivity contribution is -0.132. The highest BCUT2D eigenvalue weighted by Crippen LogP contribution is 2.33. The van der Waals surface area contributed by atoms with Gasteiger partial charge in [-0.2, -0.15) is 0 Å². The first kappa shape index (κ1) is 11.2. The molecule has 0 aromatic carbocycles. The van der Waals surface area contributed by atoms with Crippen LogP contribution in [-0.2, 0) is 11.2 Å². The zero-order valence-electron chi connectivity index (χ0n) is 9.82. The third-order valence-corrected chi connectivity index (χ3v) is 3.05. The second-order valence-electron chi connectivity index (χ2n) is 4.65. The summed E-state index contributed by atoms with van der Waals surface area (Å²) in [7, 11) is 1.80. The molecular formula is C12H18N2O2. The minimum Gasteiger partial charge on any atom is -0.466 e. The Morgan fingerprint density at radius 1 is 1.56 bits per heavy atom. The Labute approximate surface area is 95.4 Å². The third-order valence-electron chi connectivity index (χ3n) is 3.05. The summed E-state index contributed by atoms with van der Waals surface area (Å²) in [5.74, 6) is 1.87. The van der Waals surface area contributed by atoms with E-state index in [0.29, 0.717) is 6.54 Å². The van der Waals surface area contributed by atoms with E-state index in [0.717, 1.165) is 30.8 Å². The van der Waals surface area contributed by atoms with Gasteiger partial charge in [-0.1, -0.05) is 0 Å². The Balaban J connectivity index is 1.84. The van der Waals surface area contributed by atoms with Crippen LogP contribution < -0.4 is 5.73 Å². The number of rotatable bonds is 4. The van der Waals surface area contributed by atoms with Crippen LogP contribution in [0.15, 0.2) is 16.5 Å². The van der Waals surface area contributed by atoms with E-state index in [1.54, 1.807) is 11.9 Å². The molecule has 0 saturated heterocycles. The van der Waals surface area contributed by atoms with Crippen molar-refractivity contribution in [1.29, 1.82) is 0 Å². The average Bonchev–Trinajstić information content (AvgIpc) is 2.86. The van der Waals surface area contributed by atoms with Gasteiger partial charge in [-0.05, 0) is 31.9 Å². The number of hydrogen-bond donors (Lipinski definition) is 1. The van der Waals surface area contributed by atoms with Gasteiger partial charge in [0.25, 0.3) is 0 Å². The number of likely N-dealkylation sites (N-methyl/N-ethyl adjacent to an activating group) is 1. The summed E-state index contributed by atoms with van der Waals surface area (Å²) in [5.41, 5.74) is 5.29. The van der Waals surface area contributed by atoms with Crippen LogP contribution in [0.4, 0.5) is 0 Å². The maximum atomic E-state index is 11.8. The lowest BCUT2D eigenvalue weighted by Gasteiger charge is -2.20. The summed E-state index contributed by atoms with van der Waals surface area (Å²) in [6.07, 6.45) is 2.37. The first-order valence-corrected chi connectivity index (χ1v) is 5.61. The second kappa shape index (κ2) is 3.94. The molecule has 0 bridgehead atoms. The van der Waals surface area contributed by atoms with Crippen molar-refractivity contribution in [3.63, 3.8) is 0 Å². The number of amides is 1. The summed E-state index contributed by atoms with van der Waals surface area (Å²) < 4.78 is 5.45. The maximum absolute atomic E-state index is 11.8. The van der Waals surface area contributed by atoms with Crippen LogP contribution in [0.25, 0.3) is 0 Å². The molecule has 1 aliphatic carbocycles. The van der Waals surface area contributed by atoms with E-state index in [4.69, 9.17) is 10.2 Å². The van der Waals surface area contributed by atoms with Gasteiger partial charge in [0, 0.05) is 20.0 Å². The normalized spacial score (nSPS) is 17.2. The molecule has 0 unspecified atom stereocenters. The van der Waals surface area contributed by atoms with Crippen LogP contribution in [0.3, 0.4) is 0 Å². The number of aryl methyl sites for hydroxylation is 1. The molecule has 1 aromatic rings. The fraction of sp³-hybridized carbons (Fsp3) is 0.583. The van der Waals surface area contributed by atoms with Crippen molar-refractivity contribution in [3.05, 3.63) is 23.7 Å². The quantitative estimate of drug-likeness (QED) is 0.829. The summed E-state index contributed by atoms with van der Waals surface area (Å²) in [6.45, 7) is 2.57. The number of carbonyl (C=O) groups is 1. The van der Waals surface area contributed by atoms with Gasteiger partial charge in [0.1, 0.15) is 11.5 Å². The summed E-state index contributed by atoms with van der Waals surface area (Å²) in [4.78, 5) is 13.5. The van der Waals surface area contributed by atoms with Gasteiger partial charge in [-0.3, -0.25) is 4.79 Å². The van der Waals surface area contributed by atoms with Crippen LogP contribution in [0.1, 0.15) is 24.4 Å². The number of nitrogens with two attached hydrogens (primary N) is 1. The molecule has 1 aromatic heterocycles. The Hall–Kier alpha value is -1.29. The molecule has 1 saturated carbocycles. The fourth-order valence-corrected chi connectivity index (χ4v) is 1.73. The van der Waals surface area contributed by atoms with E-state index in [1.165, 1.54) is 0 Å². The molecule has 0 spiro atoms. The lowest BCUT2D eigenvalue weighted by Crippen LogP contribution is -2.44. The first-order chi connectivity index (χ1) is 7.51.